The van der Waals surface area contributed by atoms with E-state index < -0.39 is 5.60 Å². The number of hydrogen-bond donors (Lipinski definition) is 0. The first kappa shape index (κ1) is 19.1. The summed E-state index contributed by atoms with van der Waals surface area (Å²) in [7, 11) is 0. The molecule has 0 atom stereocenters. The van der Waals surface area contributed by atoms with Gasteiger partial charge in [-0.2, -0.15) is 4.98 Å². The molecule has 0 aliphatic carbocycles. The summed E-state index contributed by atoms with van der Waals surface area (Å²) in [4.78, 5) is 22.4. The standard InChI is InChI=1S/C20H26N4O3/c1-20(2,3)26-19(25)24-11-8-15(9-12-24)13-17-22-18(27-23-17)7-6-16-5-4-10-21-14-16/h4-7,10,14-15H,8-9,11-13H2,1-3H3. The number of hydrogen-bond acceptors (Lipinski definition) is 6. The zero-order valence-electron chi connectivity index (χ0n) is 16.1. The van der Waals surface area contributed by atoms with Gasteiger partial charge in [0.25, 0.3) is 5.89 Å². The Hall–Kier alpha value is -2.70. The van der Waals surface area contributed by atoms with Crippen molar-refractivity contribution in [1.82, 2.24) is 20.0 Å². The molecule has 3 rings (SSSR count). The summed E-state index contributed by atoms with van der Waals surface area (Å²) in [5, 5.41) is 4.07. The Bertz CT molecular complexity index is 772. The number of ether oxygens (including phenoxy) is 1. The third kappa shape index (κ3) is 5.91. The predicted molar refractivity (Wildman–Crippen MR) is 102 cm³/mol. The van der Waals surface area contributed by atoms with Crippen LogP contribution in [-0.2, 0) is 11.2 Å². The molecule has 0 N–H and O–H groups in total. The minimum atomic E-state index is -0.460. The van der Waals surface area contributed by atoms with Crippen LogP contribution < -0.4 is 0 Å². The summed E-state index contributed by atoms with van der Waals surface area (Å²) < 4.78 is 10.7. The lowest BCUT2D eigenvalue weighted by atomic mass is 9.93. The zero-order chi connectivity index (χ0) is 19.3. The van der Waals surface area contributed by atoms with E-state index in [9.17, 15) is 4.79 Å². The molecule has 7 heteroatoms. The fourth-order valence-electron chi connectivity index (χ4n) is 2.96. The van der Waals surface area contributed by atoms with Crippen LogP contribution in [0.4, 0.5) is 4.79 Å². The van der Waals surface area contributed by atoms with E-state index in [-0.39, 0.29) is 6.09 Å². The first-order chi connectivity index (χ1) is 12.9. The van der Waals surface area contributed by atoms with E-state index >= 15 is 0 Å². The highest BCUT2D eigenvalue weighted by Crippen LogP contribution is 2.22. The van der Waals surface area contributed by atoms with Crippen LogP contribution in [0.3, 0.4) is 0 Å². The lowest BCUT2D eigenvalue weighted by Gasteiger charge is -2.33. The Balaban J connectivity index is 1.48. The highest BCUT2D eigenvalue weighted by molar-refractivity contribution is 5.68. The van der Waals surface area contributed by atoms with Crippen LogP contribution >= 0.6 is 0 Å². The molecule has 0 aromatic carbocycles. The molecule has 0 unspecified atom stereocenters. The van der Waals surface area contributed by atoms with Crippen LogP contribution in [0.1, 0.15) is 50.9 Å². The molecule has 1 amide bonds. The van der Waals surface area contributed by atoms with Crippen LogP contribution in [0.5, 0.6) is 0 Å². The first-order valence-electron chi connectivity index (χ1n) is 9.28. The molecule has 1 fully saturated rings. The van der Waals surface area contributed by atoms with Crippen molar-refractivity contribution in [1.29, 1.82) is 0 Å². The number of carbonyl (C=O) groups is 1. The molecule has 2 aromatic rings. The maximum atomic E-state index is 12.1. The molecule has 7 nitrogen and oxygen atoms in total. The van der Waals surface area contributed by atoms with Gasteiger partial charge in [-0.1, -0.05) is 11.2 Å². The molecule has 144 valence electrons. The Morgan fingerprint density at radius 3 is 2.78 bits per heavy atom. The quantitative estimate of drug-likeness (QED) is 0.814. The molecule has 0 spiro atoms. The molecule has 1 aliphatic rings. The second-order valence-electron chi connectivity index (χ2n) is 7.78. The number of rotatable bonds is 4. The first-order valence-corrected chi connectivity index (χ1v) is 9.28. The van der Waals surface area contributed by atoms with Gasteiger partial charge in [0.1, 0.15) is 5.60 Å². The summed E-state index contributed by atoms with van der Waals surface area (Å²) in [6.45, 7) is 7.05. The highest BCUT2D eigenvalue weighted by atomic mass is 16.6. The summed E-state index contributed by atoms with van der Waals surface area (Å²) in [5.41, 5.74) is 0.518. The van der Waals surface area contributed by atoms with Gasteiger partial charge in [0.05, 0.1) is 0 Å². The molecule has 0 saturated carbocycles. The van der Waals surface area contributed by atoms with Crippen molar-refractivity contribution in [3.8, 4) is 0 Å². The van der Waals surface area contributed by atoms with Crippen LogP contribution in [-0.4, -0.2) is 44.8 Å². The summed E-state index contributed by atoms with van der Waals surface area (Å²) in [6, 6.07) is 3.84. The summed E-state index contributed by atoms with van der Waals surface area (Å²) in [5.74, 6) is 1.63. The normalized spacial score (nSPS) is 16.0. The van der Waals surface area contributed by atoms with E-state index in [2.05, 4.69) is 15.1 Å². The Kier molecular flexibility index (Phi) is 5.88. The lowest BCUT2D eigenvalue weighted by molar-refractivity contribution is 0.0183. The fourth-order valence-corrected chi connectivity index (χ4v) is 2.96. The van der Waals surface area contributed by atoms with E-state index in [1.807, 2.05) is 39.0 Å². The van der Waals surface area contributed by atoms with Gasteiger partial charge in [-0.15, -0.1) is 0 Å². The van der Waals surface area contributed by atoms with E-state index in [1.54, 1.807) is 23.4 Å². The van der Waals surface area contributed by atoms with Crippen molar-refractivity contribution < 1.29 is 14.1 Å². The topological polar surface area (TPSA) is 81.4 Å². The Labute approximate surface area is 159 Å². The van der Waals surface area contributed by atoms with E-state index in [4.69, 9.17) is 9.26 Å². The predicted octanol–water partition coefficient (Wildman–Crippen LogP) is 3.82. The second-order valence-corrected chi connectivity index (χ2v) is 7.78. The van der Waals surface area contributed by atoms with E-state index in [1.165, 1.54) is 0 Å². The van der Waals surface area contributed by atoms with Gasteiger partial charge in [-0.25, -0.2) is 4.79 Å². The van der Waals surface area contributed by atoms with Crippen molar-refractivity contribution in [2.24, 2.45) is 5.92 Å². The lowest BCUT2D eigenvalue weighted by Crippen LogP contribution is -2.42. The number of nitrogens with zero attached hydrogens (tertiary/aromatic N) is 4. The van der Waals surface area contributed by atoms with Crippen LogP contribution in [0.2, 0.25) is 0 Å². The molecular weight excluding hydrogens is 344 g/mol. The fraction of sp³-hybridized carbons (Fsp3) is 0.500. The van der Waals surface area contributed by atoms with Gasteiger partial charge in [0, 0.05) is 38.0 Å². The van der Waals surface area contributed by atoms with Crippen molar-refractivity contribution in [2.75, 3.05) is 13.1 Å². The monoisotopic (exact) mass is 370 g/mol. The molecule has 27 heavy (non-hydrogen) atoms. The summed E-state index contributed by atoms with van der Waals surface area (Å²) in [6.07, 6.45) is 9.53. The van der Waals surface area contributed by atoms with Crippen LogP contribution in [0, 0.1) is 5.92 Å². The average molecular weight is 370 g/mol. The third-order valence-corrected chi connectivity index (χ3v) is 4.32. The number of pyridine rings is 1. The maximum absolute atomic E-state index is 12.1. The minimum absolute atomic E-state index is 0.233. The van der Waals surface area contributed by atoms with Crippen LogP contribution in [0.15, 0.2) is 29.0 Å². The number of amides is 1. The maximum Gasteiger partial charge on any atom is 0.410 e. The molecule has 0 bridgehead atoms. The SMILES string of the molecule is CC(C)(C)OC(=O)N1CCC(Cc2noc(C=Cc3cccnc3)n2)CC1. The Morgan fingerprint density at radius 2 is 2.11 bits per heavy atom. The second kappa shape index (κ2) is 8.33. The van der Waals surface area contributed by atoms with E-state index in [0.717, 1.165) is 24.8 Å². The molecule has 3 heterocycles. The van der Waals surface area contributed by atoms with E-state index in [0.29, 0.717) is 30.7 Å². The van der Waals surface area contributed by atoms with Gasteiger partial charge in [0.15, 0.2) is 5.82 Å². The molecular formula is C20H26N4O3. The smallest absolute Gasteiger partial charge is 0.410 e. The number of aromatic nitrogens is 3. The van der Waals surface area contributed by atoms with Crippen LogP contribution in [0.25, 0.3) is 12.2 Å². The highest BCUT2D eigenvalue weighted by Gasteiger charge is 2.27. The Morgan fingerprint density at radius 1 is 1.33 bits per heavy atom. The minimum Gasteiger partial charge on any atom is -0.444 e. The van der Waals surface area contributed by atoms with Gasteiger partial charge in [-0.05, 0) is 57.2 Å². The van der Waals surface area contributed by atoms with Crippen molar-refractivity contribution in [3.05, 3.63) is 41.8 Å². The number of carbonyl (C=O) groups excluding carboxylic acids is 1. The largest absolute Gasteiger partial charge is 0.444 e. The number of piperidine rings is 1. The van der Waals surface area contributed by atoms with Crippen molar-refractivity contribution in [2.45, 2.75) is 45.6 Å². The van der Waals surface area contributed by atoms with Gasteiger partial charge >= 0.3 is 6.09 Å². The zero-order valence-corrected chi connectivity index (χ0v) is 16.1. The molecule has 1 aliphatic heterocycles. The van der Waals surface area contributed by atoms with Crippen molar-refractivity contribution in [3.63, 3.8) is 0 Å². The van der Waals surface area contributed by atoms with Gasteiger partial charge < -0.3 is 14.2 Å². The number of likely N-dealkylation sites (tertiary alicyclic amines) is 1. The van der Waals surface area contributed by atoms with Gasteiger partial charge in [0.2, 0.25) is 0 Å². The van der Waals surface area contributed by atoms with Crippen molar-refractivity contribution >= 4 is 18.2 Å². The molecule has 0 radical (unpaired) electrons. The average Bonchev–Trinajstić information content (AvgIpc) is 3.07. The third-order valence-electron chi connectivity index (χ3n) is 4.32. The summed E-state index contributed by atoms with van der Waals surface area (Å²) >= 11 is 0. The van der Waals surface area contributed by atoms with Gasteiger partial charge in [-0.3, -0.25) is 4.98 Å². The molecule has 2 aromatic heterocycles. The molecule has 1 saturated heterocycles.